The number of amides is 1. The molecule has 6 nitrogen and oxygen atoms in total. The summed E-state index contributed by atoms with van der Waals surface area (Å²) in [7, 11) is -3.86. The third-order valence-electron chi connectivity index (χ3n) is 4.00. The monoisotopic (exact) mass is 381 g/mol. The molecule has 1 aliphatic rings. The van der Waals surface area contributed by atoms with Crippen molar-refractivity contribution >= 4 is 16.2 Å². The van der Waals surface area contributed by atoms with Crippen LogP contribution < -0.4 is 0 Å². The molecule has 0 bridgehead atoms. The first-order valence-electron chi connectivity index (χ1n) is 8.66. The normalized spacial score (nSPS) is 21.3. The van der Waals surface area contributed by atoms with Crippen LogP contribution in [0.3, 0.4) is 0 Å². The molecule has 144 valence electrons. The van der Waals surface area contributed by atoms with Gasteiger partial charge in [0.25, 0.3) is 10.1 Å². The second-order valence-corrected chi connectivity index (χ2v) is 9.14. The lowest BCUT2D eigenvalue weighted by Gasteiger charge is -2.25. The van der Waals surface area contributed by atoms with Gasteiger partial charge in [-0.2, -0.15) is 8.42 Å². The first-order valence-corrected chi connectivity index (χ1v) is 10.1. The summed E-state index contributed by atoms with van der Waals surface area (Å²) in [6.07, 6.45) is 2.79. The molecule has 0 radical (unpaired) electrons. The summed E-state index contributed by atoms with van der Waals surface area (Å²) in [4.78, 5) is 13.8. The molecule has 1 aromatic carbocycles. The molecule has 0 spiro atoms. The molecule has 26 heavy (non-hydrogen) atoms. The van der Waals surface area contributed by atoms with Gasteiger partial charge in [-0.1, -0.05) is 30.7 Å². The van der Waals surface area contributed by atoms with Crippen LogP contribution in [0.1, 0.15) is 39.7 Å². The van der Waals surface area contributed by atoms with E-state index in [9.17, 15) is 13.2 Å². The number of carbonyl (C=O) groups is 1. The number of ether oxygens (including phenoxy) is 1. The predicted octanol–water partition coefficient (Wildman–Crippen LogP) is 3.86. The molecule has 1 aliphatic heterocycles. The Morgan fingerprint density at radius 1 is 1.19 bits per heavy atom. The molecule has 2 rings (SSSR count). The number of hydrogen-bond acceptors (Lipinski definition) is 5. The molecule has 0 N–H and O–H groups in total. The topological polar surface area (TPSA) is 72.9 Å². The average molecular weight is 381 g/mol. The summed E-state index contributed by atoms with van der Waals surface area (Å²) in [5, 5.41) is 0. The lowest BCUT2D eigenvalue weighted by atomic mass is 10.0. The summed E-state index contributed by atoms with van der Waals surface area (Å²) < 4.78 is 35.9. The zero-order chi connectivity index (χ0) is 19.5. The van der Waals surface area contributed by atoms with Gasteiger partial charge >= 0.3 is 6.09 Å². The van der Waals surface area contributed by atoms with Gasteiger partial charge in [0.15, 0.2) is 0 Å². The molecular weight excluding hydrogens is 354 g/mol. The zero-order valence-corrected chi connectivity index (χ0v) is 16.7. The van der Waals surface area contributed by atoms with Crippen LogP contribution in [-0.4, -0.2) is 37.7 Å². The fourth-order valence-electron chi connectivity index (χ4n) is 2.50. The fraction of sp³-hybridized carbons (Fsp3) is 0.526. The van der Waals surface area contributed by atoms with Gasteiger partial charge in [0, 0.05) is 18.7 Å². The van der Waals surface area contributed by atoms with Crippen LogP contribution in [0, 0.1) is 12.8 Å². The van der Waals surface area contributed by atoms with Crippen LogP contribution in [-0.2, 0) is 19.0 Å². The predicted molar refractivity (Wildman–Crippen MR) is 99.1 cm³/mol. The molecular formula is C19H27NO5S. The SMILES string of the molecule is Cc1ccc(S(=O)(=O)O[C@@H]2CCN(C(=O)OC(C)(C)C)C=CC2C)cc1. The van der Waals surface area contributed by atoms with E-state index in [0.717, 1.165) is 5.56 Å². The highest BCUT2D eigenvalue weighted by atomic mass is 32.2. The Hall–Kier alpha value is -1.86. The Kier molecular flexibility index (Phi) is 6.13. The van der Waals surface area contributed by atoms with E-state index < -0.39 is 27.9 Å². The molecule has 1 unspecified atom stereocenters. The van der Waals surface area contributed by atoms with Crippen LogP contribution in [0.4, 0.5) is 4.79 Å². The van der Waals surface area contributed by atoms with Crippen LogP contribution in [0.25, 0.3) is 0 Å². The highest BCUT2D eigenvalue weighted by molar-refractivity contribution is 7.86. The third kappa shape index (κ3) is 5.57. The van der Waals surface area contributed by atoms with Crippen molar-refractivity contribution in [1.82, 2.24) is 4.90 Å². The van der Waals surface area contributed by atoms with Gasteiger partial charge in [-0.25, -0.2) is 4.79 Å². The first-order chi connectivity index (χ1) is 12.0. The maximum Gasteiger partial charge on any atom is 0.414 e. The van der Waals surface area contributed by atoms with Gasteiger partial charge in [-0.15, -0.1) is 0 Å². The van der Waals surface area contributed by atoms with Crippen LogP contribution in [0.15, 0.2) is 41.4 Å². The van der Waals surface area contributed by atoms with Crippen molar-refractivity contribution in [3.8, 4) is 0 Å². The molecule has 7 heteroatoms. The first kappa shape index (κ1) is 20.5. The van der Waals surface area contributed by atoms with Crippen molar-refractivity contribution in [2.24, 2.45) is 5.92 Å². The standard InChI is InChI=1S/C19H27NO5S/c1-14-6-8-16(9-7-14)26(22,23)25-17-11-13-20(12-10-15(17)2)18(21)24-19(3,4)5/h6-10,12,15,17H,11,13H2,1-5H3/t15?,17-/m1/s1. The molecule has 0 saturated heterocycles. The van der Waals surface area contributed by atoms with E-state index in [-0.39, 0.29) is 10.8 Å². The zero-order valence-electron chi connectivity index (χ0n) is 15.9. The Morgan fingerprint density at radius 3 is 2.38 bits per heavy atom. The summed E-state index contributed by atoms with van der Waals surface area (Å²) in [5.74, 6) is -0.164. The van der Waals surface area contributed by atoms with E-state index in [0.29, 0.717) is 13.0 Å². The number of aryl methyl sites for hydroxylation is 1. The minimum absolute atomic E-state index is 0.132. The van der Waals surface area contributed by atoms with Gasteiger partial charge in [0.05, 0.1) is 11.0 Å². The Morgan fingerprint density at radius 2 is 1.81 bits per heavy atom. The number of hydrogen-bond donors (Lipinski definition) is 0. The van der Waals surface area contributed by atoms with Crippen molar-refractivity contribution in [2.75, 3.05) is 6.54 Å². The quantitative estimate of drug-likeness (QED) is 0.744. The van der Waals surface area contributed by atoms with Crippen molar-refractivity contribution in [3.05, 3.63) is 42.1 Å². The van der Waals surface area contributed by atoms with E-state index in [1.54, 1.807) is 45.2 Å². The van der Waals surface area contributed by atoms with Crippen molar-refractivity contribution < 1.29 is 22.1 Å². The molecule has 2 atom stereocenters. The van der Waals surface area contributed by atoms with Gasteiger partial charge in [0.2, 0.25) is 0 Å². The molecule has 0 aromatic heterocycles. The summed E-state index contributed by atoms with van der Waals surface area (Å²) >= 11 is 0. The van der Waals surface area contributed by atoms with E-state index >= 15 is 0 Å². The van der Waals surface area contributed by atoms with Crippen LogP contribution in [0.5, 0.6) is 0 Å². The summed E-state index contributed by atoms with van der Waals surface area (Å²) in [5.41, 5.74) is 0.385. The Bertz CT molecular complexity index is 762. The number of rotatable bonds is 3. The molecule has 0 saturated carbocycles. The molecule has 0 aliphatic carbocycles. The maximum absolute atomic E-state index is 12.5. The van der Waals surface area contributed by atoms with Gasteiger partial charge in [-0.3, -0.25) is 9.08 Å². The van der Waals surface area contributed by atoms with Gasteiger partial charge in [0.1, 0.15) is 5.60 Å². The lowest BCUT2D eigenvalue weighted by molar-refractivity contribution is 0.0324. The smallest absolute Gasteiger partial charge is 0.414 e. The van der Waals surface area contributed by atoms with Crippen molar-refractivity contribution in [3.63, 3.8) is 0 Å². The lowest BCUT2D eigenvalue weighted by Crippen LogP contribution is -2.34. The molecule has 1 heterocycles. The second kappa shape index (κ2) is 7.80. The summed E-state index contributed by atoms with van der Waals surface area (Å²) in [6, 6.07) is 6.54. The van der Waals surface area contributed by atoms with Crippen molar-refractivity contribution in [2.45, 2.75) is 57.6 Å². The maximum atomic E-state index is 12.5. The van der Waals surface area contributed by atoms with E-state index in [2.05, 4.69) is 0 Å². The van der Waals surface area contributed by atoms with Crippen molar-refractivity contribution in [1.29, 1.82) is 0 Å². The van der Waals surface area contributed by atoms with E-state index in [1.165, 1.54) is 17.0 Å². The number of nitrogens with zero attached hydrogens (tertiary/aromatic N) is 1. The third-order valence-corrected chi connectivity index (χ3v) is 5.35. The van der Waals surface area contributed by atoms with Gasteiger partial charge in [-0.05, 0) is 46.2 Å². The Labute approximate surface area is 155 Å². The largest absolute Gasteiger partial charge is 0.443 e. The van der Waals surface area contributed by atoms with E-state index in [4.69, 9.17) is 8.92 Å². The highest BCUT2D eigenvalue weighted by Crippen LogP contribution is 2.24. The fourth-order valence-corrected chi connectivity index (χ4v) is 3.68. The molecule has 0 fully saturated rings. The Balaban J connectivity index is 2.07. The van der Waals surface area contributed by atoms with Crippen LogP contribution >= 0.6 is 0 Å². The van der Waals surface area contributed by atoms with Gasteiger partial charge < -0.3 is 4.74 Å². The molecule has 1 amide bonds. The minimum Gasteiger partial charge on any atom is -0.443 e. The molecule has 1 aromatic rings. The minimum atomic E-state index is -3.86. The second-order valence-electron chi connectivity index (χ2n) is 7.56. The average Bonchev–Trinajstić information content (AvgIpc) is 2.68. The van der Waals surface area contributed by atoms with Crippen LogP contribution in [0.2, 0.25) is 0 Å². The highest BCUT2D eigenvalue weighted by Gasteiger charge is 2.29. The summed E-state index contributed by atoms with van der Waals surface area (Å²) in [6.45, 7) is 9.48. The number of benzene rings is 1. The number of carbonyl (C=O) groups excluding carboxylic acids is 1. The van der Waals surface area contributed by atoms with E-state index in [1.807, 2.05) is 13.8 Å².